The average molecular weight is 252 g/mol. The van der Waals surface area contributed by atoms with E-state index in [9.17, 15) is 4.79 Å². The van der Waals surface area contributed by atoms with Gasteiger partial charge < -0.3 is 10.2 Å². The fraction of sp³-hybridized carbons (Fsp3) is 0.800. The molecule has 3 heteroatoms. The zero-order valence-electron chi connectivity index (χ0n) is 12.2. The van der Waals surface area contributed by atoms with E-state index in [-0.39, 0.29) is 0 Å². The van der Waals surface area contributed by atoms with Gasteiger partial charge in [-0.2, -0.15) is 0 Å². The molecule has 0 bridgehead atoms. The molecule has 0 aromatic heterocycles. The van der Waals surface area contributed by atoms with E-state index in [2.05, 4.69) is 32.2 Å². The first-order valence-electron chi connectivity index (χ1n) is 7.24. The smallest absolute Gasteiger partial charge is 0.222 e. The molecule has 104 valence electrons. The minimum absolute atomic E-state index is 0.334. The standard InChI is InChI=1S/C15H28N2O/c1-13(2)7-6-8-14(3)16-10-12-17-11-5-4-9-15(17)18/h7,14,16H,4-6,8-12H2,1-3H3. The van der Waals surface area contributed by atoms with E-state index in [1.165, 1.54) is 18.4 Å². The number of amides is 1. The highest BCUT2D eigenvalue weighted by atomic mass is 16.2. The van der Waals surface area contributed by atoms with Crippen LogP contribution in [-0.4, -0.2) is 36.5 Å². The molecule has 18 heavy (non-hydrogen) atoms. The van der Waals surface area contributed by atoms with Gasteiger partial charge in [-0.15, -0.1) is 0 Å². The normalized spacial score (nSPS) is 17.7. The average Bonchev–Trinajstić information content (AvgIpc) is 2.31. The third-order valence-electron chi connectivity index (χ3n) is 3.45. The van der Waals surface area contributed by atoms with E-state index in [1.54, 1.807) is 0 Å². The molecule has 0 radical (unpaired) electrons. The molecule has 1 heterocycles. The van der Waals surface area contributed by atoms with Gasteiger partial charge in [0.2, 0.25) is 5.91 Å². The van der Waals surface area contributed by atoms with E-state index in [0.717, 1.165) is 38.9 Å². The van der Waals surface area contributed by atoms with Crippen molar-refractivity contribution in [3.63, 3.8) is 0 Å². The van der Waals surface area contributed by atoms with Gasteiger partial charge in [-0.05, 0) is 46.5 Å². The second-order valence-corrected chi connectivity index (χ2v) is 5.55. The van der Waals surface area contributed by atoms with Gasteiger partial charge in [0.25, 0.3) is 0 Å². The Kier molecular flexibility index (Phi) is 7.02. The first kappa shape index (κ1) is 15.2. The predicted molar refractivity (Wildman–Crippen MR) is 76.6 cm³/mol. The van der Waals surface area contributed by atoms with Crippen molar-refractivity contribution in [2.75, 3.05) is 19.6 Å². The Morgan fingerprint density at radius 2 is 2.22 bits per heavy atom. The van der Waals surface area contributed by atoms with E-state index in [0.29, 0.717) is 11.9 Å². The fourth-order valence-electron chi connectivity index (χ4n) is 2.27. The molecule has 1 aliphatic heterocycles. The summed E-state index contributed by atoms with van der Waals surface area (Å²) in [5, 5.41) is 3.50. The molecule has 0 aromatic rings. The molecule has 3 nitrogen and oxygen atoms in total. The second-order valence-electron chi connectivity index (χ2n) is 5.55. The zero-order valence-corrected chi connectivity index (χ0v) is 12.2. The summed E-state index contributed by atoms with van der Waals surface area (Å²) < 4.78 is 0. The summed E-state index contributed by atoms with van der Waals surface area (Å²) in [6, 6.07) is 0.528. The lowest BCUT2D eigenvalue weighted by Gasteiger charge is -2.27. The van der Waals surface area contributed by atoms with Crippen LogP contribution in [0.15, 0.2) is 11.6 Å². The molecule has 1 amide bonds. The molecule has 0 aliphatic carbocycles. The Morgan fingerprint density at radius 1 is 1.44 bits per heavy atom. The van der Waals surface area contributed by atoms with Crippen LogP contribution in [0.5, 0.6) is 0 Å². The van der Waals surface area contributed by atoms with Gasteiger partial charge in [0.15, 0.2) is 0 Å². The van der Waals surface area contributed by atoms with Crippen LogP contribution in [0, 0.1) is 0 Å². The third-order valence-corrected chi connectivity index (χ3v) is 3.45. The highest BCUT2D eigenvalue weighted by molar-refractivity contribution is 5.76. The molecule has 1 rings (SSSR count). The Balaban J connectivity index is 2.09. The van der Waals surface area contributed by atoms with Crippen molar-refractivity contribution in [3.8, 4) is 0 Å². The highest BCUT2D eigenvalue weighted by Gasteiger charge is 2.17. The lowest BCUT2D eigenvalue weighted by Crippen LogP contribution is -2.41. The molecule has 1 unspecified atom stereocenters. The van der Waals surface area contributed by atoms with Crippen molar-refractivity contribution in [2.45, 2.75) is 58.9 Å². The molecule has 0 aromatic carbocycles. The molecule has 1 saturated heterocycles. The van der Waals surface area contributed by atoms with Crippen LogP contribution < -0.4 is 5.32 Å². The lowest BCUT2D eigenvalue weighted by molar-refractivity contribution is -0.133. The van der Waals surface area contributed by atoms with Crippen molar-refractivity contribution in [3.05, 3.63) is 11.6 Å². The minimum Gasteiger partial charge on any atom is -0.341 e. The monoisotopic (exact) mass is 252 g/mol. The molecule has 0 saturated carbocycles. The number of allylic oxidation sites excluding steroid dienone is 2. The summed E-state index contributed by atoms with van der Waals surface area (Å²) in [4.78, 5) is 13.6. The zero-order chi connectivity index (χ0) is 13.4. The van der Waals surface area contributed by atoms with Crippen LogP contribution in [0.4, 0.5) is 0 Å². The Bertz CT molecular complexity index is 282. The summed E-state index contributed by atoms with van der Waals surface area (Å²) in [6.07, 6.45) is 7.57. The van der Waals surface area contributed by atoms with Crippen molar-refractivity contribution in [1.29, 1.82) is 0 Å². The molecule has 0 spiro atoms. The molecule has 1 atom stereocenters. The second kappa shape index (κ2) is 8.30. The largest absolute Gasteiger partial charge is 0.341 e. The van der Waals surface area contributed by atoms with Gasteiger partial charge in [-0.25, -0.2) is 0 Å². The van der Waals surface area contributed by atoms with Gasteiger partial charge in [0.05, 0.1) is 0 Å². The number of piperidine rings is 1. The number of hydrogen-bond donors (Lipinski definition) is 1. The van der Waals surface area contributed by atoms with Gasteiger partial charge in [-0.1, -0.05) is 11.6 Å². The number of rotatable bonds is 7. The predicted octanol–water partition coefficient (Wildman–Crippen LogP) is 2.72. The Labute approximate surface area is 112 Å². The van der Waals surface area contributed by atoms with Gasteiger partial charge >= 0.3 is 0 Å². The number of nitrogens with one attached hydrogen (secondary N) is 1. The third kappa shape index (κ3) is 6.20. The Hall–Kier alpha value is -0.830. The van der Waals surface area contributed by atoms with E-state index in [1.807, 2.05) is 4.90 Å². The number of carbonyl (C=O) groups excluding carboxylic acids is 1. The number of carbonyl (C=O) groups is 1. The summed E-state index contributed by atoms with van der Waals surface area (Å²) in [5.41, 5.74) is 1.39. The van der Waals surface area contributed by atoms with E-state index < -0.39 is 0 Å². The number of likely N-dealkylation sites (tertiary alicyclic amines) is 1. The maximum atomic E-state index is 11.6. The van der Waals surface area contributed by atoms with Crippen molar-refractivity contribution >= 4 is 5.91 Å². The lowest BCUT2D eigenvalue weighted by atomic mass is 10.1. The maximum Gasteiger partial charge on any atom is 0.222 e. The van der Waals surface area contributed by atoms with Gasteiger partial charge in [-0.3, -0.25) is 4.79 Å². The van der Waals surface area contributed by atoms with Crippen LogP contribution in [0.1, 0.15) is 52.9 Å². The van der Waals surface area contributed by atoms with Crippen molar-refractivity contribution in [2.24, 2.45) is 0 Å². The maximum absolute atomic E-state index is 11.6. The molecule has 1 N–H and O–H groups in total. The topological polar surface area (TPSA) is 32.3 Å². The molecular formula is C15H28N2O. The van der Waals surface area contributed by atoms with Crippen LogP contribution in [0.3, 0.4) is 0 Å². The van der Waals surface area contributed by atoms with Crippen molar-refractivity contribution < 1.29 is 4.79 Å². The molecule has 1 aliphatic rings. The van der Waals surface area contributed by atoms with Crippen LogP contribution >= 0.6 is 0 Å². The summed E-state index contributed by atoms with van der Waals surface area (Å²) in [6.45, 7) is 9.23. The van der Waals surface area contributed by atoms with Crippen LogP contribution in [0.25, 0.3) is 0 Å². The number of nitrogens with zero attached hydrogens (tertiary/aromatic N) is 1. The molecule has 1 fully saturated rings. The van der Waals surface area contributed by atoms with E-state index >= 15 is 0 Å². The van der Waals surface area contributed by atoms with Gasteiger partial charge in [0, 0.05) is 32.1 Å². The first-order chi connectivity index (χ1) is 8.59. The summed E-state index contributed by atoms with van der Waals surface area (Å²) in [7, 11) is 0. The number of hydrogen-bond acceptors (Lipinski definition) is 2. The summed E-state index contributed by atoms with van der Waals surface area (Å²) in [5.74, 6) is 0.334. The van der Waals surface area contributed by atoms with Crippen LogP contribution in [0.2, 0.25) is 0 Å². The van der Waals surface area contributed by atoms with E-state index in [4.69, 9.17) is 0 Å². The van der Waals surface area contributed by atoms with Crippen LogP contribution in [-0.2, 0) is 4.79 Å². The molecular weight excluding hydrogens is 224 g/mol. The minimum atomic E-state index is 0.334. The SMILES string of the molecule is CC(C)=CCCC(C)NCCN1CCCCC1=O. The first-order valence-corrected chi connectivity index (χ1v) is 7.24. The van der Waals surface area contributed by atoms with Crippen molar-refractivity contribution in [1.82, 2.24) is 10.2 Å². The Morgan fingerprint density at radius 3 is 2.89 bits per heavy atom. The van der Waals surface area contributed by atoms with Gasteiger partial charge in [0.1, 0.15) is 0 Å². The quantitative estimate of drug-likeness (QED) is 0.707. The fourth-order valence-corrected chi connectivity index (χ4v) is 2.27. The highest BCUT2D eigenvalue weighted by Crippen LogP contribution is 2.09. The summed E-state index contributed by atoms with van der Waals surface area (Å²) >= 11 is 0.